The summed E-state index contributed by atoms with van der Waals surface area (Å²) in [6, 6.07) is 9.32. The number of benzene rings is 2. The van der Waals surface area contributed by atoms with Crippen molar-refractivity contribution in [3.05, 3.63) is 63.3 Å². The monoisotopic (exact) mass is 529 g/mol. The number of fused-ring (bicyclic) bond motifs is 2. The van der Waals surface area contributed by atoms with E-state index >= 15 is 0 Å². The summed E-state index contributed by atoms with van der Waals surface area (Å²) >= 11 is 6.40. The number of carbonyl (C=O) groups excluding carboxylic acids is 1. The van der Waals surface area contributed by atoms with Gasteiger partial charge >= 0.3 is 0 Å². The lowest BCUT2D eigenvalue weighted by Crippen LogP contribution is -2.39. The number of hydrogen-bond acceptors (Lipinski definition) is 7. The Kier molecular flexibility index (Phi) is 6.21. The van der Waals surface area contributed by atoms with Crippen LogP contribution in [-0.4, -0.2) is 46.9 Å². The number of sulfonamides is 1. The molecule has 10 nitrogen and oxygen atoms in total. The number of aromatic amines is 1. The predicted molar refractivity (Wildman–Crippen MR) is 136 cm³/mol. The lowest BCUT2D eigenvalue weighted by atomic mass is 10.1. The molecule has 2 aromatic heterocycles. The number of imidazole rings is 1. The Hall–Kier alpha value is -3.44. The summed E-state index contributed by atoms with van der Waals surface area (Å²) in [5.74, 6) is 0.891. The van der Waals surface area contributed by atoms with Gasteiger partial charge in [-0.3, -0.25) is 14.3 Å². The molecule has 2 aromatic carbocycles. The molecule has 1 atom stereocenters. The first-order valence-corrected chi connectivity index (χ1v) is 13.7. The van der Waals surface area contributed by atoms with E-state index in [2.05, 4.69) is 15.1 Å². The summed E-state index contributed by atoms with van der Waals surface area (Å²) in [5.41, 5.74) is 1.41. The van der Waals surface area contributed by atoms with Gasteiger partial charge in [0.15, 0.2) is 0 Å². The van der Waals surface area contributed by atoms with Crippen LogP contribution in [0.4, 0.5) is 0 Å². The van der Waals surface area contributed by atoms with Crippen molar-refractivity contribution in [3.63, 3.8) is 0 Å². The molecule has 188 valence electrons. The van der Waals surface area contributed by atoms with E-state index in [0.29, 0.717) is 51.1 Å². The van der Waals surface area contributed by atoms with E-state index in [1.807, 2.05) is 4.72 Å². The third-order valence-corrected chi connectivity index (χ3v) is 6.90. The summed E-state index contributed by atoms with van der Waals surface area (Å²) in [6.07, 6.45) is 3.44. The molecule has 5 rings (SSSR count). The van der Waals surface area contributed by atoms with Gasteiger partial charge in [0.25, 0.3) is 11.5 Å². The molecule has 0 bridgehead atoms. The highest BCUT2D eigenvalue weighted by Crippen LogP contribution is 2.33. The molecule has 1 unspecified atom stereocenters. The number of rotatable bonds is 8. The van der Waals surface area contributed by atoms with E-state index in [0.717, 1.165) is 16.5 Å². The molecule has 2 heterocycles. The van der Waals surface area contributed by atoms with Gasteiger partial charge < -0.3 is 9.72 Å². The number of hydrogen-bond donors (Lipinski definition) is 2. The molecule has 1 amide bonds. The summed E-state index contributed by atoms with van der Waals surface area (Å²) in [4.78, 5) is 33.5. The van der Waals surface area contributed by atoms with Crippen LogP contribution in [0.5, 0.6) is 5.75 Å². The highest BCUT2D eigenvalue weighted by molar-refractivity contribution is 7.89. The fourth-order valence-corrected chi connectivity index (χ4v) is 4.71. The Labute approximate surface area is 211 Å². The molecule has 36 heavy (non-hydrogen) atoms. The van der Waals surface area contributed by atoms with Gasteiger partial charge in [0.2, 0.25) is 10.0 Å². The normalized spacial score (nSPS) is 14.8. The summed E-state index contributed by atoms with van der Waals surface area (Å²) in [6.45, 7) is 2.05. The van der Waals surface area contributed by atoms with Crippen molar-refractivity contribution >= 4 is 49.3 Å². The van der Waals surface area contributed by atoms with E-state index in [9.17, 15) is 18.0 Å². The molecule has 1 aliphatic carbocycles. The third kappa shape index (κ3) is 5.07. The second-order valence-corrected chi connectivity index (χ2v) is 11.2. The number of aromatic nitrogens is 4. The summed E-state index contributed by atoms with van der Waals surface area (Å²) in [5, 5.41) is 5.90. The van der Waals surface area contributed by atoms with Crippen molar-refractivity contribution in [1.82, 2.24) is 24.5 Å². The Morgan fingerprint density at radius 3 is 2.69 bits per heavy atom. The highest BCUT2D eigenvalue weighted by Gasteiger charge is 2.24. The minimum atomic E-state index is -3.80. The molecule has 1 aliphatic rings. The van der Waals surface area contributed by atoms with Crippen molar-refractivity contribution in [2.75, 3.05) is 12.9 Å². The van der Waals surface area contributed by atoms with Crippen LogP contribution in [0.3, 0.4) is 0 Å². The predicted octanol–water partition coefficient (Wildman–Crippen LogP) is 2.94. The highest BCUT2D eigenvalue weighted by atomic mass is 35.5. The van der Waals surface area contributed by atoms with E-state index in [-0.39, 0.29) is 6.42 Å². The number of ether oxygens (including phenoxy) is 1. The zero-order valence-corrected chi connectivity index (χ0v) is 21.2. The van der Waals surface area contributed by atoms with Crippen LogP contribution in [0.1, 0.15) is 37.3 Å². The molecule has 2 N–H and O–H groups in total. The Bertz CT molecular complexity index is 1660. The minimum absolute atomic E-state index is 0.228. The van der Waals surface area contributed by atoms with E-state index in [4.69, 9.17) is 16.3 Å². The smallest absolute Gasteiger partial charge is 0.275 e. The zero-order valence-electron chi connectivity index (χ0n) is 19.6. The Balaban J connectivity index is 1.51. The van der Waals surface area contributed by atoms with Gasteiger partial charge in [-0.25, -0.2) is 18.1 Å². The number of nitrogens with zero attached hydrogens (tertiary/aromatic N) is 3. The van der Waals surface area contributed by atoms with Crippen LogP contribution in [-0.2, 0) is 21.2 Å². The molecular weight excluding hydrogens is 506 g/mol. The van der Waals surface area contributed by atoms with Gasteiger partial charge in [-0.2, -0.15) is 5.10 Å². The van der Waals surface area contributed by atoms with Crippen molar-refractivity contribution < 1.29 is 17.9 Å². The van der Waals surface area contributed by atoms with Gasteiger partial charge in [0.05, 0.1) is 46.4 Å². The molecular formula is C24H24ClN5O5S. The standard InChI is InChI=1S/C24H24ClN5O5S/c1-13(23(31)29-36(2,33)34)30-24(32)16-6-4-3-5-15(16)18(28-30)11-22-26-19-9-17(25)21(10-20(19)27-22)35-12-14-7-8-14/h3-6,9-10,13-14H,7-8,11-12H2,1-2H3,(H,26,27)(H,29,31). The van der Waals surface area contributed by atoms with Crippen molar-refractivity contribution in [1.29, 1.82) is 0 Å². The third-order valence-electron chi connectivity index (χ3n) is 6.03. The first kappa shape index (κ1) is 24.3. The van der Waals surface area contributed by atoms with Crippen LogP contribution in [0.15, 0.2) is 41.2 Å². The number of amides is 1. The van der Waals surface area contributed by atoms with Gasteiger partial charge in [0, 0.05) is 11.5 Å². The Morgan fingerprint density at radius 2 is 2.00 bits per heavy atom. The topological polar surface area (TPSA) is 136 Å². The van der Waals surface area contributed by atoms with Crippen LogP contribution in [0, 0.1) is 5.92 Å². The van der Waals surface area contributed by atoms with E-state index in [1.165, 1.54) is 19.8 Å². The van der Waals surface area contributed by atoms with Crippen molar-refractivity contribution in [3.8, 4) is 5.75 Å². The second-order valence-electron chi connectivity index (χ2n) is 9.07. The van der Waals surface area contributed by atoms with E-state index < -0.39 is 27.5 Å². The molecule has 12 heteroatoms. The number of H-pyrrole nitrogens is 1. The molecule has 0 radical (unpaired) electrons. The largest absolute Gasteiger partial charge is 0.492 e. The Morgan fingerprint density at radius 1 is 1.28 bits per heavy atom. The molecule has 0 spiro atoms. The quantitative estimate of drug-likeness (QED) is 0.358. The second kappa shape index (κ2) is 9.21. The first-order chi connectivity index (χ1) is 17.1. The SMILES string of the molecule is CC(C(=O)NS(C)(=O)=O)n1nc(Cc2nc3cc(OCC4CC4)c(Cl)cc3[nH]2)c2ccccc2c1=O. The molecule has 1 saturated carbocycles. The van der Waals surface area contributed by atoms with Crippen LogP contribution < -0.4 is 15.0 Å². The summed E-state index contributed by atoms with van der Waals surface area (Å²) < 4.78 is 31.8. The number of halogens is 1. The maximum absolute atomic E-state index is 13.1. The number of carbonyl (C=O) groups is 1. The maximum Gasteiger partial charge on any atom is 0.275 e. The molecule has 0 aliphatic heterocycles. The van der Waals surface area contributed by atoms with Crippen LogP contribution in [0.25, 0.3) is 21.8 Å². The lowest BCUT2D eigenvalue weighted by molar-refractivity contribution is -0.122. The lowest BCUT2D eigenvalue weighted by Gasteiger charge is -2.16. The maximum atomic E-state index is 13.1. The summed E-state index contributed by atoms with van der Waals surface area (Å²) in [7, 11) is -3.80. The van der Waals surface area contributed by atoms with E-state index in [1.54, 1.807) is 36.4 Å². The first-order valence-electron chi connectivity index (χ1n) is 11.4. The fourth-order valence-electron chi connectivity index (χ4n) is 3.96. The molecule has 0 saturated heterocycles. The van der Waals surface area contributed by atoms with Crippen LogP contribution >= 0.6 is 11.6 Å². The molecule has 4 aromatic rings. The average Bonchev–Trinajstić information content (AvgIpc) is 3.57. The van der Waals surface area contributed by atoms with Gasteiger partial charge in [-0.15, -0.1) is 0 Å². The average molecular weight is 530 g/mol. The van der Waals surface area contributed by atoms with Gasteiger partial charge in [-0.1, -0.05) is 29.8 Å². The zero-order chi connectivity index (χ0) is 25.6. The fraction of sp³-hybridized carbons (Fsp3) is 0.333. The minimum Gasteiger partial charge on any atom is -0.492 e. The van der Waals surface area contributed by atoms with Crippen molar-refractivity contribution in [2.45, 2.75) is 32.2 Å². The van der Waals surface area contributed by atoms with Crippen molar-refractivity contribution in [2.24, 2.45) is 5.92 Å². The van der Waals surface area contributed by atoms with Gasteiger partial charge in [0.1, 0.15) is 17.6 Å². The number of nitrogens with one attached hydrogen (secondary N) is 2. The van der Waals surface area contributed by atoms with Crippen LogP contribution in [0.2, 0.25) is 5.02 Å². The molecule has 1 fully saturated rings. The van der Waals surface area contributed by atoms with Gasteiger partial charge in [-0.05, 0) is 37.8 Å².